The number of hydrogen-bond donors (Lipinski definition) is 0. The molecule has 0 aromatic heterocycles. The quantitative estimate of drug-likeness (QED) is 0.605. The number of ether oxygens (including phenoxy) is 1. The van der Waals surface area contributed by atoms with Gasteiger partial charge in [0, 0.05) is 11.3 Å². The zero-order valence-corrected chi connectivity index (χ0v) is 15.5. The summed E-state index contributed by atoms with van der Waals surface area (Å²) >= 11 is 1.27. The van der Waals surface area contributed by atoms with E-state index in [0.29, 0.717) is 21.9 Å². The summed E-state index contributed by atoms with van der Waals surface area (Å²) in [7, 11) is -3.60. The number of rotatable bonds is 4. The molecular formula is C18H17NO4S2. The van der Waals surface area contributed by atoms with Gasteiger partial charge in [-0.1, -0.05) is 35.9 Å². The standard InChI is InChI=1S/C18H17NO4S2/c1-12-7-8-14(13(2)11-12)18(20)23-9-10-24-17-15-5-3-4-6-16(15)25(21,22)19-17/h3-8,11H,9-10H2,1-2H3. The van der Waals surface area contributed by atoms with Gasteiger partial charge in [0.1, 0.15) is 11.7 Å². The van der Waals surface area contributed by atoms with E-state index in [4.69, 9.17) is 4.74 Å². The molecule has 0 saturated carbocycles. The Morgan fingerprint density at radius 1 is 1.16 bits per heavy atom. The van der Waals surface area contributed by atoms with Crippen molar-refractivity contribution < 1.29 is 17.9 Å². The van der Waals surface area contributed by atoms with Crippen LogP contribution in [0.25, 0.3) is 0 Å². The third kappa shape index (κ3) is 3.77. The lowest BCUT2D eigenvalue weighted by Gasteiger charge is -2.08. The fourth-order valence-corrected chi connectivity index (χ4v) is 4.94. The van der Waals surface area contributed by atoms with Crippen LogP contribution in [-0.2, 0) is 14.8 Å². The molecule has 0 fully saturated rings. The van der Waals surface area contributed by atoms with Crippen LogP contribution >= 0.6 is 11.8 Å². The lowest BCUT2D eigenvalue weighted by atomic mass is 10.1. The second kappa shape index (κ2) is 7.01. The summed E-state index contributed by atoms with van der Waals surface area (Å²) < 4.78 is 33.0. The van der Waals surface area contributed by atoms with Crippen LogP contribution in [-0.4, -0.2) is 31.8 Å². The van der Waals surface area contributed by atoms with E-state index in [9.17, 15) is 13.2 Å². The highest BCUT2D eigenvalue weighted by atomic mass is 32.2. The Morgan fingerprint density at radius 3 is 2.68 bits per heavy atom. The van der Waals surface area contributed by atoms with Gasteiger partial charge in [0.05, 0.1) is 10.5 Å². The summed E-state index contributed by atoms with van der Waals surface area (Å²) in [4.78, 5) is 12.3. The van der Waals surface area contributed by atoms with E-state index in [1.54, 1.807) is 30.3 Å². The van der Waals surface area contributed by atoms with E-state index < -0.39 is 10.0 Å². The number of carbonyl (C=O) groups excluding carboxylic acids is 1. The van der Waals surface area contributed by atoms with Crippen LogP contribution in [0.4, 0.5) is 0 Å². The minimum atomic E-state index is -3.60. The van der Waals surface area contributed by atoms with Crippen molar-refractivity contribution in [2.24, 2.45) is 4.40 Å². The maximum Gasteiger partial charge on any atom is 0.338 e. The Balaban J connectivity index is 1.58. The van der Waals surface area contributed by atoms with Crippen LogP contribution in [0.15, 0.2) is 51.8 Å². The topological polar surface area (TPSA) is 72.8 Å². The highest BCUT2D eigenvalue weighted by Crippen LogP contribution is 2.30. The van der Waals surface area contributed by atoms with Gasteiger partial charge in [-0.2, -0.15) is 12.8 Å². The van der Waals surface area contributed by atoms with Crippen molar-refractivity contribution in [1.82, 2.24) is 0 Å². The molecule has 0 bridgehead atoms. The van der Waals surface area contributed by atoms with Crippen molar-refractivity contribution in [2.45, 2.75) is 18.7 Å². The van der Waals surface area contributed by atoms with Crippen LogP contribution in [0, 0.1) is 13.8 Å². The van der Waals surface area contributed by atoms with Crippen molar-refractivity contribution in [3.8, 4) is 0 Å². The zero-order chi connectivity index (χ0) is 18.0. The molecule has 7 heteroatoms. The summed E-state index contributed by atoms with van der Waals surface area (Å²) in [6.45, 7) is 4.01. The predicted octanol–water partition coefficient (Wildman–Crippen LogP) is 3.34. The van der Waals surface area contributed by atoms with Crippen molar-refractivity contribution in [3.63, 3.8) is 0 Å². The molecule has 0 N–H and O–H groups in total. The third-order valence-corrected chi connectivity index (χ3v) is 6.16. The molecule has 0 saturated heterocycles. The first-order valence-corrected chi connectivity index (χ1v) is 10.1. The van der Waals surface area contributed by atoms with E-state index in [1.165, 1.54) is 11.8 Å². The predicted molar refractivity (Wildman–Crippen MR) is 98.8 cm³/mol. The second-order valence-electron chi connectivity index (χ2n) is 5.67. The van der Waals surface area contributed by atoms with Crippen LogP contribution < -0.4 is 0 Å². The van der Waals surface area contributed by atoms with E-state index in [2.05, 4.69) is 4.40 Å². The van der Waals surface area contributed by atoms with Gasteiger partial charge in [0.15, 0.2) is 0 Å². The first kappa shape index (κ1) is 17.7. The average Bonchev–Trinajstić information content (AvgIpc) is 2.83. The smallest absolute Gasteiger partial charge is 0.338 e. The first-order valence-electron chi connectivity index (χ1n) is 7.70. The molecule has 5 nitrogen and oxygen atoms in total. The monoisotopic (exact) mass is 375 g/mol. The fraction of sp³-hybridized carbons (Fsp3) is 0.222. The van der Waals surface area contributed by atoms with Crippen LogP contribution in [0.2, 0.25) is 0 Å². The molecule has 2 aromatic rings. The highest BCUT2D eigenvalue weighted by molar-refractivity contribution is 8.15. The minimum absolute atomic E-state index is 0.179. The van der Waals surface area contributed by atoms with Crippen LogP contribution in [0.3, 0.4) is 0 Å². The molecule has 0 spiro atoms. The maximum absolute atomic E-state index is 12.1. The number of thioether (sulfide) groups is 1. The Hall–Kier alpha value is -2.12. The lowest BCUT2D eigenvalue weighted by molar-refractivity contribution is 0.0529. The molecule has 3 rings (SSSR count). The van der Waals surface area contributed by atoms with Gasteiger partial charge in [-0.3, -0.25) is 0 Å². The van der Waals surface area contributed by atoms with E-state index in [-0.39, 0.29) is 17.5 Å². The number of esters is 1. The Labute approximate surface area is 151 Å². The van der Waals surface area contributed by atoms with Gasteiger partial charge >= 0.3 is 5.97 Å². The molecule has 1 aliphatic rings. The molecule has 0 atom stereocenters. The highest BCUT2D eigenvalue weighted by Gasteiger charge is 2.28. The number of hydrogen-bond acceptors (Lipinski definition) is 5. The first-order chi connectivity index (χ1) is 11.9. The summed E-state index contributed by atoms with van der Waals surface area (Å²) in [5.74, 6) is 0.0544. The molecular weight excluding hydrogens is 358 g/mol. The summed E-state index contributed by atoms with van der Waals surface area (Å²) in [6, 6.07) is 12.3. The zero-order valence-electron chi connectivity index (χ0n) is 13.9. The van der Waals surface area contributed by atoms with Crippen molar-refractivity contribution in [1.29, 1.82) is 0 Å². The van der Waals surface area contributed by atoms with Gasteiger partial charge in [-0.15, -0.1) is 11.8 Å². The molecule has 1 aliphatic heterocycles. The number of sulfonamides is 1. The average molecular weight is 375 g/mol. The van der Waals surface area contributed by atoms with E-state index >= 15 is 0 Å². The summed E-state index contributed by atoms with van der Waals surface area (Å²) in [6.07, 6.45) is 0. The van der Waals surface area contributed by atoms with Crippen molar-refractivity contribution in [3.05, 3.63) is 64.7 Å². The van der Waals surface area contributed by atoms with Gasteiger partial charge < -0.3 is 4.74 Å². The van der Waals surface area contributed by atoms with Gasteiger partial charge in [0.25, 0.3) is 10.0 Å². The SMILES string of the molecule is Cc1ccc(C(=O)OCCSC2=NS(=O)(=O)c3ccccc32)c(C)c1. The largest absolute Gasteiger partial charge is 0.461 e. The van der Waals surface area contributed by atoms with E-state index in [0.717, 1.165) is 11.1 Å². The molecule has 0 radical (unpaired) electrons. The van der Waals surface area contributed by atoms with Gasteiger partial charge in [-0.05, 0) is 31.5 Å². The normalized spacial score (nSPS) is 14.7. The van der Waals surface area contributed by atoms with Gasteiger partial charge in [0.2, 0.25) is 0 Å². The van der Waals surface area contributed by atoms with Crippen LogP contribution in [0.1, 0.15) is 27.0 Å². The fourth-order valence-electron chi connectivity index (χ4n) is 2.57. The second-order valence-corrected chi connectivity index (χ2v) is 8.33. The van der Waals surface area contributed by atoms with Gasteiger partial charge in [-0.25, -0.2) is 4.79 Å². The number of fused-ring (bicyclic) bond motifs is 1. The molecule has 0 amide bonds. The van der Waals surface area contributed by atoms with Crippen molar-refractivity contribution >= 4 is 32.8 Å². The Kier molecular flexibility index (Phi) is 4.96. The molecule has 0 unspecified atom stereocenters. The summed E-state index contributed by atoms with van der Waals surface area (Å²) in [5, 5.41) is 0.443. The number of aryl methyl sites for hydroxylation is 2. The Morgan fingerprint density at radius 2 is 1.92 bits per heavy atom. The maximum atomic E-state index is 12.1. The molecule has 0 aliphatic carbocycles. The van der Waals surface area contributed by atoms with Crippen molar-refractivity contribution in [2.75, 3.05) is 12.4 Å². The summed E-state index contributed by atoms with van der Waals surface area (Å²) in [5.41, 5.74) is 3.11. The molecule has 25 heavy (non-hydrogen) atoms. The molecule has 130 valence electrons. The third-order valence-electron chi connectivity index (χ3n) is 3.76. The number of benzene rings is 2. The minimum Gasteiger partial charge on any atom is -0.461 e. The molecule has 2 aromatic carbocycles. The number of carbonyl (C=O) groups is 1. The van der Waals surface area contributed by atoms with E-state index in [1.807, 2.05) is 26.0 Å². The number of nitrogens with zero attached hydrogens (tertiary/aromatic N) is 1. The lowest BCUT2D eigenvalue weighted by Crippen LogP contribution is -2.10. The molecule has 1 heterocycles. The van der Waals surface area contributed by atoms with Crippen LogP contribution in [0.5, 0.6) is 0 Å². The Bertz CT molecular complexity index is 965.